The first kappa shape index (κ1) is 13.6. The number of thiophene rings is 1. The number of aryl methyl sites for hydroxylation is 2. The highest BCUT2D eigenvalue weighted by Crippen LogP contribution is 2.26. The van der Waals surface area contributed by atoms with E-state index in [1.165, 1.54) is 16.9 Å². The van der Waals surface area contributed by atoms with Gasteiger partial charge in [0, 0.05) is 23.5 Å². The molecule has 1 fully saturated rings. The van der Waals surface area contributed by atoms with Gasteiger partial charge in [-0.25, -0.2) is 0 Å². The summed E-state index contributed by atoms with van der Waals surface area (Å²) >= 11 is 1.60. The zero-order chi connectivity index (χ0) is 13.3. The predicted molar refractivity (Wildman–Crippen MR) is 76.1 cm³/mol. The summed E-state index contributed by atoms with van der Waals surface area (Å²) in [6.07, 6.45) is 3.31. The van der Waals surface area contributed by atoms with Crippen LogP contribution in [0.3, 0.4) is 0 Å². The number of likely N-dealkylation sites (tertiary alicyclic amines) is 1. The molecule has 1 aromatic rings. The lowest BCUT2D eigenvalue weighted by Crippen LogP contribution is -2.51. The van der Waals surface area contributed by atoms with Crippen molar-refractivity contribution in [2.75, 3.05) is 6.54 Å². The van der Waals surface area contributed by atoms with Crippen LogP contribution < -0.4 is 5.73 Å². The Bertz CT molecular complexity index is 420. The molecule has 3 nitrogen and oxygen atoms in total. The van der Waals surface area contributed by atoms with Gasteiger partial charge in [-0.15, -0.1) is 11.3 Å². The summed E-state index contributed by atoms with van der Waals surface area (Å²) in [4.78, 5) is 16.6. The van der Waals surface area contributed by atoms with Crippen molar-refractivity contribution in [1.29, 1.82) is 0 Å². The van der Waals surface area contributed by atoms with Crippen LogP contribution in [0.1, 0.15) is 46.3 Å². The third-order valence-electron chi connectivity index (χ3n) is 3.79. The van der Waals surface area contributed by atoms with E-state index in [-0.39, 0.29) is 18.0 Å². The van der Waals surface area contributed by atoms with Gasteiger partial charge >= 0.3 is 0 Å². The molecular formula is C14H22N2OS. The van der Waals surface area contributed by atoms with Crippen LogP contribution in [0.4, 0.5) is 0 Å². The number of piperidine rings is 1. The number of nitrogens with two attached hydrogens (primary N) is 1. The molecule has 0 aliphatic carbocycles. The molecule has 1 aromatic heterocycles. The molecule has 0 aromatic carbocycles. The Morgan fingerprint density at radius 1 is 1.50 bits per heavy atom. The number of carbonyl (C=O) groups is 1. The average Bonchev–Trinajstić information content (AvgIpc) is 2.68. The van der Waals surface area contributed by atoms with Gasteiger partial charge < -0.3 is 10.6 Å². The summed E-state index contributed by atoms with van der Waals surface area (Å²) in [6.45, 7) is 6.97. The SMILES string of the molecule is Cc1cc(C(=O)N2CCCCC2C(C)N)sc1C. The maximum atomic E-state index is 12.6. The molecule has 2 atom stereocenters. The Labute approximate surface area is 113 Å². The van der Waals surface area contributed by atoms with Crippen LogP contribution in [0, 0.1) is 13.8 Å². The van der Waals surface area contributed by atoms with Crippen molar-refractivity contribution in [2.24, 2.45) is 5.73 Å². The highest BCUT2D eigenvalue weighted by molar-refractivity contribution is 7.14. The Balaban J connectivity index is 2.20. The summed E-state index contributed by atoms with van der Waals surface area (Å²) in [5, 5.41) is 0. The lowest BCUT2D eigenvalue weighted by Gasteiger charge is -2.37. The van der Waals surface area contributed by atoms with Crippen molar-refractivity contribution < 1.29 is 4.79 Å². The van der Waals surface area contributed by atoms with Gasteiger partial charge in [-0.2, -0.15) is 0 Å². The predicted octanol–water partition coefficient (Wildman–Crippen LogP) is 2.71. The topological polar surface area (TPSA) is 46.3 Å². The molecule has 1 aliphatic rings. The van der Waals surface area contributed by atoms with E-state index in [1.54, 1.807) is 11.3 Å². The number of hydrogen-bond acceptors (Lipinski definition) is 3. The van der Waals surface area contributed by atoms with Crippen molar-refractivity contribution in [1.82, 2.24) is 4.90 Å². The second kappa shape index (κ2) is 5.41. The van der Waals surface area contributed by atoms with Crippen molar-refractivity contribution in [3.05, 3.63) is 21.4 Å². The summed E-state index contributed by atoms with van der Waals surface area (Å²) < 4.78 is 0. The first-order chi connectivity index (χ1) is 8.50. The quantitative estimate of drug-likeness (QED) is 0.894. The van der Waals surface area contributed by atoms with Crippen LogP contribution in [0.15, 0.2) is 6.07 Å². The van der Waals surface area contributed by atoms with Crippen molar-refractivity contribution >= 4 is 17.2 Å². The Kier molecular flexibility index (Phi) is 4.07. The molecular weight excluding hydrogens is 244 g/mol. The second-order valence-electron chi connectivity index (χ2n) is 5.27. The maximum Gasteiger partial charge on any atom is 0.264 e. The molecule has 2 N–H and O–H groups in total. The summed E-state index contributed by atoms with van der Waals surface area (Å²) in [7, 11) is 0. The number of rotatable bonds is 2. The van der Waals surface area contributed by atoms with Gasteiger partial charge in [0.25, 0.3) is 5.91 Å². The van der Waals surface area contributed by atoms with E-state index in [9.17, 15) is 4.79 Å². The smallest absolute Gasteiger partial charge is 0.264 e. The molecule has 2 rings (SSSR count). The van der Waals surface area contributed by atoms with Crippen LogP contribution >= 0.6 is 11.3 Å². The lowest BCUT2D eigenvalue weighted by atomic mass is 9.97. The van der Waals surface area contributed by atoms with E-state index in [2.05, 4.69) is 13.8 Å². The Morgan fingerprint density at radius 3 is 2.78 bits per heavy atom. The van der Waals surface area contributed by atoms with Gasteiger partial charge in [0.1, 0.15) is 0 Å². The molecule has 1 aliphatic heterocycles. The molecule has 0 spiro atoms. The maximum absolute atomic E-state index is 12.6. The molecule has 0 bridgehead atoms. The summed E-state index contributed by atoms with van der Waals surface area (Å²) in [5.41, 5.74) is 7.22. The largest absolute Gasteiger partial charge is 0.333 e. The normalized spacial score (nSPS) is 22.0. The molecule has 4 heteroatoms. The third-order valence-corrected chi connectivity index (χ3v) is 4.93. The average molecular weight is 266 g/mol. The highest BCUT2D eigenvalue weighted by atomic mass is 32.1. The van der Waals surface area contributed by atoms with E-state index < -0.39 is 0 Å². The Hall–Kier alpha value is -0.870. The number of amides is 1. The second-order valence-corrected chi connectivity index (χ2v) is 6.53. The van der Waals surface area contributed by atoms with E-state index in [0.717, 1.165) is 24.3 Å². The first-order valence-corrected chi connectivity index (χ1v) is 7.46. The fraction of sp³-hybridized carbons (Fsp3) is 0.643. The minimum Gasteiger partial charge on any atom is -0.333 e. The molecule has 18 heavy (non-hydrogen) atoms. The van der Waals surface area contributed by atoms with Crippen LogP contribution in [-0.4, -0.2) is 29.4 Å². The number of carbonyl (C=O) groups excluding carboxylic acids is 1. The fourth-order valence-corrected chi connectivity index (χ4v) is 3.57. The molecule has 2 unspecified atom stereocenters. The number of nitrogens with zero attached hydrogens (tertiary/aromatic N) is 1. The Morgan fingerprint density at radius 2 is 2.22 bits per heavy atom. The van der Waals surface area contributed by atoms with E-state index >= 15 is 0 Å². The van der Waals surface area contributed by atoms with E-state index in [1.807, 2.05) is 17.9 Å². The van der Waals surface area contributed by atoms with Crippen molar-refractivity contribution in [2.45, 2.75) is 52.1 Å². The molecule has 0 radical (unpaired) electrons. The standard InChI is InChI=1S/C14H22N2OS/c1-9-8-13(18-11(9)3)14(17)16-7-5-4-6-12(16)10(2)15/h8,10,12H,4-7,15H2,1-3H3. The molecule has 100 valence electrons. The van der Waals surface area contributed by atoms with Crippen LogP contribution in [0.2, 0.25) is 0 Å². The third kappa shape index (κ3) is 2.59. The lowest BCUT2D eigenvalue weighted by molar-refractivity contribution is 0.0589. The van der Waals surface area contributed by atoms with Gasteiger partial charge in [0.05, 0.1) is 4.88 Å². The van der Waals surface area contributed by atoms with Crippen LogP contribution in [0.25, 0.3) is 0 Å². The molecule has 0 saturated carbocycles. The monoisotopic (exact) mass is 266 g/mol. The van der Waals surface area contributed by atoms with Crippen molar-refractivity contribution in [3.63, 3.8) is 0 Å². The zero-order valence-corrected chi connectivity index (χ0v) is 12.2. The molecule has 2 heterocycles. The number of hydrogen-bond donors (Lipinski definition) is 1. The molecule has 1 saturated heterocycles. The van der Waals surface area contributed by atoms with Gasteiger partial charge in [-0.3, -0.25) is 4.79 Å². The fourth-order valence-electron chi connectivity index (χ4n) is 2.58. The van der Waals surface area contributed by atoms with Gasteiger partial charge in [-0.05, 0) is 51.7 Å². The minimum atomic E-state index is 0.0522. The minimum absolute atomic E-state index is 0.0522. The van der Waals surface area contributed by atoms with Gasteiger partial charge in [-0.1, -0.05) is 0 Å². The first-order valence-electron chi connectivity index (χ1n) is 6.64. The van der Waals surface area contributed by atoms with Gasteiger partial charge in [0.2, 0.25) is 0 Å². The zero-order valence-electron chi connectivity index (χ0n) is 11.4. The van der Waals surface area contributed by atoms with Crippen LogP contribution in [-0.2, 0) is 0 Å². The molecule has 1 amide bonds. The highest BCUT2D eigenvalue weighted by Gasteiger charge is 2.30. The summed E-state index contributed by atoms with van der Waals surface area (Å²) in [5.74, 6) is 0.165. The summed E-state index contributed by atoms with van der Waals surface area (Å²) in [6, 6.07) is 2.26. The van der Waals surface area contributed by atoms with Crippen molar-refractivity contribution in [3.8, 4) is 0 Å². The van der Waals surface area contributed by atoms with E-state index in [4.69, 9.17) is 5.73 Å². The van der Waals surface area contributed by atoms with Crippen LogP contribution in [0.5, 0.6) is 0 Å². The van der Waals surface area contributed by atoms with Gasteiger partial charge in [0.15, 0.2) is 0 Å². The van der Waals surface area contributed by atoms with E-state index in [0.29, 0.717) is 0 Å².